The van der Waals surface area contributed by atoms with Crippen LogP contribution in [-0.4, -0.2) is 32.1 Å². The summed E-state index contributed by atoms with van der Waals surface area (Å²) >= 11 is 0. The van der Waals surface area contributed by atoms with E-state index >= 15 is 0 Å². The number of amides is 1. The molecule has 2 N–H and O–H groups in total. The van der Waals surface area contributed by atoms with Crippen LogP contribution in [0.3, 0.4) is 0 Å². The first-order valence-electron chi connectivity index (χ1n) is 8.53. The largest absolute Gasteiger partial charge is 0.454 e. The normalized spacial score (nSPS) is 13.3. The summed E-state index contributed by atoms with van der Waals surface area (Å²) in [6.45, 7) is 4.66. The summed E-state index contributed by atoms with van der Waals surface area (Å²) in [4.78, 5) is 25.4. The minimum atomic E-state index is -0.157. The van der Waals surface area contributed by atoms with Crippen LogP contribution in [0, 0.1) is 6.92 Å². The van der Waals surface area contributed by atoms with Crippen LogP contribution >= 0.6 is 0 Å². The fourth-order valence-electron chi connectivity index (χ4n) is 2.92. The van der Waals surface area contributed by atoms with E-state index < -0.39 is 0 Å². The van der Waals surface area contributed by atoms with Crippen LogP contribution in [0.2, 0.25) is 0 Å². The fourth-order valence-corrected chi connectivity index (χ4v) is 2.92. The second-order valence-corrected chi connectivity index (χ2v) is 6.65. The molecular formula is C20H23N2O4+. The number of carbonyl (C=O) groups excluding carboxylic acids is 2. The molecule has 0 aromatic heterocycles. The van der Waals surface area contributed by atoms with Crippen molar-refractivity contribution in [3.05, 3.63) is 53.1 Å². The van der Waals surface area contributed by atoms with Gasteiger partial charge < -0.3 is 19.7 Å². The Morgan fingerprint density at radius 3 is 2.42 bits per heavy atom. The zero-order chi connectivity index (χ0) is 18.7. The number of ether oxygens (including phenoxy) is 2. The lowest BCUT2D eigenvalue weighted by atomic mass is 10.1. The standard InChI is InChI=1S/C20H22N2O4/c1-13-4-6-15(7-5-13)10-22(3)11-20(24)21-17-9-19-18(25-12-26-19)8-16(17)14(2)23/h4-9H,10-12H2,1-3H3,(H,21,24)/p+1. The molecule has 26 heavy (non-hydrogen) atoms. The van der Waals surface area contributed by atoms with Crippen LogP contribution in [0.25, 0.3) is 0 Å². The molecule has 1 aliphatic rings. The number of benzene rings is 2. The highest BCUT2D eigenvalue weighted by Crippen LogP contribution is 2.37. The molecule has 0 fully saturated rings. The van der Waals surface area contributed by atoms with Gasteiger partial charge in [0.15, 0.2) is 23.8 Å². The number of Topliss-reactive ketones (excluding diaryl/α,β-unsaturated/α-hetero) is 1. The van der Waals surface area contributed by atoms with E-state index in [0.717, 1.165) is 11.4 Å². The van der Waals surface area contributed by atoms with Crippen LogP contribution in [0.5, 0.6) is 11.5 Å². The number of nitrogens with one attached hydrogen (secondary N) is 2. The third kappa shape index (κ3) is 4.21. The van der Waals surface area contributed by atoms with Gasteiger partial charge in [-0.05, 0) is 19.9 Å². The second kappa shape index (κ2) is 7.58. The molecule has 0 spiro atoms. The predicted molar refractivity (Wildman–Crippen MR) is 97.8 cm³/mol. The Hall–Kier alpha value is -2.86. The van der Waals surface area contributed by atoms with E-state index in [-0.39, 0.29) is 18.5 Å². The van der Waals surface area contributed by atoms with Gasteiger partial charge >= 0.3 is 0 Å². The average Bonchev–Trinajstić information content (AvgIpc) is 3.03. The lowest BCUT2D eigenvalue weighted by Gasteiger charge is -2.15. The van der Waals surface area contributed by atoms with Gasteiger partial charge in [0.05, 0.1) is 12.7 Å². The molecule has 136 valence electrons. The van der Waals surface area contributed by atoms with E-state index in [1.807, 2.05) is 14.0 Å². The number of hydrogen-bond acceptors (Lipinski definition) is 4. The SMILES string of the molecule is CC(=O)c1cc2c(cc1NC(=O)C[NH+](C)Cc1ccc(C)cc1)OCO2. The highest BCUT2D eigenvalue weighted by molar-refractivity contribution is 6.04. The first kappa shape index (κ1) is 17.9. The molecular weight excluding hydrogens is 332 g/mol. The van der Waals surface area contributed by atoms with Crippen molar-refractivity contribution in [2.24, 2.45) is 0 Å². The van der Waals surface area contributed by atoms with E-state index in [4.69, 9.17) is 9.47 Å². The van der Waals surface area contributed by atoms with Crippen molar-refractivity contribution in [3.8, 4) is 11.5 Å². The summed E-state index contributed by atoms with van der Waals surface area (Å²) < 4.78 is 10.6. The average molecular weight is 355 g/mol. The molecule has 6 heteroatoms. The van der Waals surface area contributed by atoms with Gasteiger partial charge in [0.2, 0.25) is 6.79 Å². The molecule has 2 aromatic carbocycles. The molecule has 0 radical (unpaired) electrons. The van der Waals surface area contributed by atoms with Gasteiger partial charge in [-0.25, -0.2) is 0 Å². The molecule has 0 bridgehead atoms. The fraction of sp³-hybridized carbons (Fsp3) is 0.300. The molecule has 6 nitrogen and oxygen atoms in total. The number of quaternary nitrogens is 1. The minimum absolute atomic E-state index is 0.119. The van der Waals surface area contributed by atoms with E-state index in [0.29, 0.717) is 29.3 Å². The maximum atomic E-state index is 12.4. The second-order valence-electron chi connectivity index (χ2n) is 6.65. The molecule has 1 amide bonds. The Bertz CT molecular complexity index is 830. The molecule has 0 saturated carbocycles. The number of hydrogen-bond donors (Lipinski definition) is 2. The highest BCUT2D eigenvalue weighted by atomic mass is 16.7. The van der Waals surface area contributed by atoms with Crippen molar-refractivity contribution >= 4 is 17.4 Å². The summed E-state index contributed by atoms with van der Waals surface area (Å²) in [6, 6.07) is 11.5. The van der Waals surface area contributed by atoms with E-state index in [9.17, 15) is 9.59 Å². The van der Waals surface area contributed by atoms with Crippen molar-refractivity contribution in [2.75, 3.05) is 25.7 Å². The third-order valence-corrected chi connectivity index (χ3v) is 4.25. The van der Waals surface area contributed by atoms with Gasteiger partial charge in [-0.15, -0.1) is 0 Å². The maximum Gasteiger partial charge on any atom is 0.279 e. The quantitative estimate of drug-likeness (QED) is 0.772. The van der Waals surface area contributed by atoms with Crippen molar-refractivity contribution in [2.45, 2.75) is 20.4 Å². The summed E-state index contributed by atoms with van der Waals surface area (Å²) in [7, 11) is 1.96. The molecule has 0 aliphatic carbocycles. The van der Waals surface area contributed by atoms with Gasteiger partial charge in [0.25, 0.3) is 5.91 Å². The number of fused-ring (bicyclic) bond motifs is 1. The lowest BCUT2D eigenvalue weighted by molar-refractivity contribution is -0.885. The zero-order valence-electron chi connectivity index (χ0n) is 15.2. The van der Waals surface area contributed by atoms with Crippen LogP contribution in [0.4, 0.5) is 5.69 Å². The third-order valence-electron chi connectivity index (χ3n) is 4.25. The van der Waals surface area contributed by atoms with E-state index in [1.165, 1.54) is 18.1 Å². The summed E-state index contributed by atoms with van der Waals surface area (Å²) in [6.07, 6.45) is 0. The first-order chi connectivity index (χ1) is 12.4. The molecule has 1 atom stereocenters. The van der Waals surface area contributed by atoms with Crippen LogP contribution < -0.4 is 19.7 Å². The van der Waals surface area contributed by atoms with E-state index in [1.54, 1.807) is 12.1 Å². The topological polar surface area (TPSA) is 69.1 Å². The Morgan fingerprint density at radius 2 is 1.77 bits per heavy atom. The van der Waals surface area contributed by atoms with Gasteiger partial charge in [-0.3, -0.25) is 9.59 Å². The highest BCUT2D eigenvalue weighted by Gasteiger charge is 2.21. The van der Waals surface area contributed by atoms with Gasteiger partial charge in [0, 0.05) is 17.2 Å². The number of aryl methyl sites for hydroxylation is 1. The Labute approximate surface area is 152 Å². The molecule has 1 unspecified atom stereocenters. The van der Waals surface area contributed by atoms with Crippen molar-refractivity contribution in [3.63, 3.8) is 0 Å². The van der Waals surface area contributed by atoms with E-state index in [2.05, 4.69) is 29.6 Å². The summed E-state index contributed by atoms with van der Waals surface area (Å²) in [5.74, 6) is 0.760. The molecule has 1 heterocycles. The molecule has 2 aromatic rings. The van der Waals surface area contributed by atoms with Gasteiger partial charge in [-0.2, -0.15) is 0 Å². The maximum absolute atomic E-state index is 12.4. The number of anilines is 1. The summed E-state index contributed by atoms with van der Waals surface area (Å²) in [5, 5.41) is 2.83. The number of likely N-dealkylation sites (N-methyl/N-ethyl adjacent to an activating group) is 1. The monoisotopic (exact) mass is 355 g/mol. The predicted octanol–water partition coefficient (Wildman–Crippen LogP) is 1.58. The van der Waals surface area contributed by atoms with Crippen molar-refractivity contribution < 1.29 is 24.0 Å². The molecule has 0 saturated heterocycles. The minimum Gasteiger partial charge on any atom is -0.454 e. The Kier molecular flexibility index (Phi) is 5.23. The number of rotatable bonds is 6. The smallest absolute Gasteiger partial charge is 0.279 e. The number of ketones is 1. The van der Waals surface area contributed by atoms with Crippen LogP contribution in [0.15, 0.2) is 36.4 Å². The van der Waals surface area contributed by atoms with Crippen LogP contribution in [0.1, 0.15) is 28.4 Å². The first-order valence-corrected chi connectivity index (χ1v) is 8.53. The van der Waals surface area contributed by atoms with Gasteiger partial charge in [0.1, 0.15) is 6.54 Å². The van der Waals surface area contributed by atoms with Gasteiger partial charge in [-0.1, -0.05) is 29.8 Å². The number of carbonyl (C=O) groups is 2. The zero-order valence-corrected chi connectivity index (χ0v) is 15.2. The summed E-state index contributed by atoms with van der Waals surface area (Å²) in [5.41, 5.74) is 3.26. The Morgan fingerprint density at radius 1 is 1.12 bits per heavy atom. The van der Waals surface area contributed by atoms with Crippen molar-refractivity contribution in [1.29, 1.82) is 0 Å². The lowest BCUT2D eigenvalue weighted by Crippen LogP contribution is -3.08. The molecule has 3 rings (SSSR count). The molecule has 1 aliphatic heterocycles. The van der Waals surface area contributed by atoms with Crippen LogP contribution in [-0.2, 0) is 11.3 Å². The van der Waals surface area contributed by atoms with Crippen molar-refractivity contribution in [1.82, 2.24) is 0 Å². The Balaban J connectivity index is 1.66.